The molecule has 2 aliphatic rings. The number of carboxylic acid groups (broad SMARTS) is 1. The molecule has 0 spiro atoms. The molecule has 0 bridgehead atoms. The fourth-order valence-electron chi connectivity index (χ4n) is 4.16. The summed E-state index contributed by atoms with van der Waals surface area (Å²) in [6, 6.07) is 0. The Morgan fingerprint density at radius 3 is 2.35 bits per heavy atom. The van der Waals surface area contributed by atoms with Crippen molar-refractivity contribution >= 4 is 5.97 Å². The van der Waals surface area contributed by atoms with Crippen LogP contribution in [-0.2, 0) is 4.79 Å². The van der Waals surface area contributed by atoms with Gasteiger partial charge in [-0.3, -0.25) is 9.69 Å². The van der Waals surface area contributed by atoms with Crippen LogP contribution in [0.5, 0.6) is 0 Å². The molecule has 0 aromatic heterocycles. The van der Waals surface area contributed by atoms with Gasteiger partial charge in [0.25, 0.3) is 0 Å². The first-order valence-corrected chi connectivity index (χ1v) is 8.33. The molecule has 0 aromatic rings. The molecule has 1 atom stereocenters. The van der Waals surface area contributed by atoms with Gasteiger partial charge in [0.2, 0.25) is 0 Å². The largest absolute Gasteiger partial charge is 0.481 e. The molecular weight excluding hydrogens is 250 g/mol. The van der Waals surface area contributed by atoms with E-state index in [9.17, 15) is 9.90 Å². The van der Waals surface area contributed by atoms with Gasteiger partial charge in [-0.15, -0.1) is 0 Å². The van der Waals surface area contributed by atoms with Crippen molar-refractivity contribution in [3.8, 4) is 0 Å². The van der Waals surface area contributed by atoms with Crippen molar-refractivity contribution in [3.63, 3.8) is 0 Å². The zero-order chi connectivity index (χ0) is 14.4. The number of aliphatic carboxylic acids is 1. The van der Waals surface area contributed by atoms with E-state index in [4.69, 9.17) is 0 Å². The lowest BCUT2D eigenvalue weighted by atomic mass is 9.77. The Bertz CT molecular complexity index is 339. The summed E-state index contributed by atoms with van der Waals surface area (Å²) in [5.41, 5.74) is -0.0651. The predicted octanol–water partition coefficient (Wildman–Crippen LogP) is 3.84. The van der Waals surface area contributed by atoms with Crippen molar-refractivity contribution in [1.29, 1.82) is 0 Å². The van der Waals surface area contributed by atoms with Crippen molar-refractivity contribution in [2.24, 2.45) is 5.92 Å². The number of carbonyl (C=O) groups is 1. The molecule has 0 amide bonds. The van der Waals surface area contributed by atoms with Crippen molar-refractivity contribution in [2.75, 3.05) is 13.1 Å². The van der Waals surface area contributed by atoms with Gasteiger partial charge in [0.15, 0.2) is 0 Å². The lowest BCUT2D eigenvalue weighted by molar-refractivity contribution is -0.148. The molecule has 1 N–H and O–H groups in total. The zero-order valence-corrected chi connectivity index (χ0v) is 12.8. The van der Waals surface area contributed by atoms with Crippen LogP contribution in [0.4, 0.5) is 0 Å². The number of likely N-dealkylation sites (tertiary alicyclic amines) is 1. The van der Waals surface area contributed by atoms with Crippen LogP contribution >= 0.6 is 0 Å². The summed E-state index contributed by atoms with van der Waals surface area (Å²) in [5.74, 6) is -0.830. The standard InChI is InChI=1S/C17H29NO2/c1-2-3-5-10-15(16(19)20)17(11-6-7-12-17)18-13-8-4-9-14-18/h3,5,15H,2,4,6-14H2,1H3,(H,19,20)/b5-3+. The number of hydrogen-bond donors (Lipinski definition) is 1. The summed E-state index contributed by atoms with van der Waals surface area (Å²) in [5, 5.41) is 9.77. The van der Waals surface area contributed by atoms with Crippen LogP contribution < -0.4 is 0 Å². The summed E-state index contributed by atoms with van der Waals surface area (Å²) in [4.78, 5) is 14.4. The summed E-state index contributed by atoms with van der Waals surface area (Å²) in [7, 11) is 0. The number of rotatable bonds is 6. The second-order valence-electron chi connectivity index (χ2n) is 6.36. The predicted molar refractivity (Wildman–Crippen MR) is 81.8 cm³/mol. The minimum Gasteiger partial charge on any atom is -0.481 e. The van der Waals surface area contributed by atoms with Gasteiger partial charge in [-0.2, -0.15) is 0 Å². The number of carboxylic acids is 1. The molecule has 0 radical (unpaired) electrons. The first-order chi connectivity index (χ1) is 9.70. The fraction of sp³-hybridized carbons (Fsp3) is 0.824. The summed E-state index contributed by atoms with van der Waals surface area (Å²) < 4.78 is 0. The van der Waals surface area contributed by atoms with Gasteiger partial charge in [0.05, 0.1) is 5.92 Å². The highest BCUT2D eigenvalue weighted by Gasteiger charge is 2.48. The maximum atomic E-state index is 11.9. The van der Waals surface area contributed by atoms with Gasteiger partial charge >= 0.3 is 5.97 Å². The van der Waals surface area contributed by atoms with Gasteiger partial charge in [0, 0.05) is 5.54 Å². The number of nitrogens with zero attached hydrogens (tertiary/aromatic N) is 1. The monoisotopic (exact) mass is 279 g/mol. The quantitative estimate of drug-likeness (QED) is 0.751. The molecule has 2 rings (SSSR count). The molecule has 1 aliphatic heterocycles. The Hall–Kier alpha value is -0.830. The molecule has 3 nitrogen and oxygen atoms in total. The summed E-state index contributed by atoms with van der Waals surface area (Å²) in [6.45, 7) is 4.30. The minimum atomic E-state index is -0.599. The highest BCUT2D eigenvalue weighted by Crippen LogP contribution is 2.44. The average molecular weight is 279 g/mol. The van der Waals surface area contributed by atoms with Gasteiger partial charge in [0.1, 0.15) is 0 Å². The van der Waals surface area contributed by atoms with E-state index < -0.39 is 5.97 Å². The second kappa shape index (κ2) is 7.26. The van der Waals surface area contributed by atoms with Crippen LogP contribution in [0.2, 0.25) is 0 Å². The van der Waals surface area contributed by atoms with Crippen LogP contribution in [0, 0.1) is 5.92 Å². The van der Waals surface area contributed by atoms with Crippen LogP contribution in [0.3, 0.4) is 0 Å². The highest BCUT2D eigenvalue weighted by atomic mass is 16.4. The molecule has 114 valence electrons. The highest BCUT2D eigenvalue weighted by molar-refractivity contribution is 5.72. The SMILES string of the molecule is CC/C=C/CC(C(=O)O)C1(N2CCCCC2)CCCC1. The van der Waals surface area contributed by atoms with E-state index in [1.54, 1.807) is 0 Å². The maximum Gasteiger partial charge on any atom is 0.308 e. The molecule has 1 saturated heterocycles. The van der Waals surface area contributed by atoms with E-state index in [1.165, 1.54) is 32.1 Å². The van der Waals surface area contributed by atoms with E-state index in [1.807, 2.05) is 0 Å². The zero-order valence-electron chi connectivity index (χ0n) is 12.8. The van der Waals surface area contributed by atoms with Crippen molar-refractivity contribution in [3.05, 3.63) is 12.2 Å². The van der Waals surface area contributed by atoms with Crippen molar-refractivity contribution in [2.45, 2.75) is 70.3 Å². The molecule has 2 fully saturated rings. The third-order valence-electron chi connectivity index (χ3n) is 5.18. The van der Waals surface area contributed by atoms with Gasteiger partial charge in [-0.1, -0.05) is 38.3 Å². The second-order valence-corrected chi connectivity index (χ2v) is 6.36. The third kappa shape index (κ3) is 3.25. The third-order valence-corrected chi connectivity index (χ3v) is 5.18. The Morgan fingerprint density at radius 2 is 1.80 bits per heavy atom. The van der Waals surface area contributed by atoms with E-state index in [2.05, 4.69) is 24.0 Å². The smallest absolute Gasteiger partial charge is 0.308 e. The first kappa shape index (κ1) is 15.6. The van der Waals surface area contributed by atoms with Gasteiger partial charge < -0.3 is 5.11 Å². The molecule has 3 heteroatoms. The van der Waals surface area contributed by atoms with Gasteiger partial charge in [-0.05, 0) is 51.6 Å². The summed E-state index contributed by atoms with van der Waals surface area (Å²) in [6.07, 6.45) is 14.2. The lowest BCUT2D eigenvalue weighted by Crippen LogP contribution is -2.56. The molecule has 20 heavy (non-hydrogen) atoms. The van der Waals surface area contributed by atoms with Gasteiger partial charge in [-0.25, -0.2) is 0 Å². The Kier molecular flexibility index (Phi) is 5.64. The Morgan fingerprint density at radius 1 is 1.15 bits per heavy atom. The topological polar surface area (TPSA) is 40.5 Å². The van der Waals surface area contributed by atoms with E-state index in [0.29, 0.717) is 6.42 Å². The maximum absolute atomic E-state index is 11.9. The average Bonchev–Trinajstić information content (AvgIpc) is 2.94. The van der Waals surface area contributed by atoms with Crippen molar-refractivity contribution < 1.29 is 9.90 Å². The lowest BCUT2D eigenvalue weighted by Gasteiger charge is -2.47. The Balaban J connectivity index is 2.18. The molecule has 0 aromatic carbocycles. The minimum absolute atomic E-state index is 0.0651. The van der Waals surface area contributed by atoms with E-state index in [0.717, 1.165) is 32.4 Å². The first-order valence-electron chi connectivity index (χ1n) is 8.33. The molecular formula is C17H29NO2. The Labute approximate surface area is 123 Å². The summed E-state index contributed by atoms with van der Waals surface area (Å²) >= 11 is 0. The van der Waals surface area contributed by atoms with Crippen LogP contribution in [0.15, 0.2) is 12.2 Å². The molecule has 1 saturated carbocycles. The fourth-order valence-corrected chi connectivity index (χ4v) is 4.16. The number of allylic oxidation sites excluding steroid dienone is 2. The molecule has 1 unspecified atom stereocenters. The molecule has 1 aliphatic carbocycles. The molecule has 1 heterocycles. The normalized spacial score (nSPS) is 25.1. The van der Waals surface area contributed by atoms with E-state index >= 15 is 0 Å². The number of hydrogen-bond acceptors (Lipinski definition) is 2. The number of piperidine rings is 1. The van der Waals surface area contributed by atoms with Crippen LogP contribution in [0.25, 0.3) is 0 Å². The van der Waals surface area contributed by atoms with Crippen LogP contribution in [0.1, 0.15) is 64.7 Å². The van der Waals surface area contributed by atoms with Crippen LogP contribution in [-0.4, -0.2) is 34.6 Å². The van der Waals surface area contributed by atoms with Crippen molar-refractivity contribution in [1.82, 2.24) is 4.90 Å². The van der Waals surface area contributed by atoms with E-state index in [-0.39, 0.29) is 11.5 Å².